The van der Waals surface area contributed by atoms with E-state index in [0.29, 0.717) is 24.5 Å². The van der Waals surface area contributed by atoms with Crippen molar-refractivity contribution >= 4 is 5.91 Å². The maximum atomic E-state index is 11.6. The van der Waals surface area contributed by atoms with Crippen molar-refractivity contribution in [2.45, 2.75) is 70.5 Å². The number of hydrogen-bond acceptors (Lipinski definition) is 3. The molecule has 2 heterocycles. The molecule has 0 aromatic carbocycles. The van der Waals surface area contributed by atoms with E-state index < -0.39 is 0 Å². The summed E-state index contributed by atoms with van der Waals surface area (Å²) in [6.45, 7) is 6.93. The monoisotopic (exact) mass is 267 g/mol. The number of amides is 1. The van der Waals surface area contributed by atoms with Crippen LogP contribution in [0.1, 0.15) is 52.4 Å². The summed E-state index contributed by atoms with van der Waals surface area (Å²) in [4.78, 5) is 14.2. The number of carbonyl (C=O) groups is 1. The summed E-state index contributed by atoms with van der Waals surface area (Å²) >= 11 is 0. The molecule has 0 aliphatic carbocycles. The van der Waals surface area contributed by atoms with Crippen molar-refractivity contribution in [3.63, 3.8) is 0 Å². The second-order valence-electron chi connectivity index (χ2n) is 5.91. The van der Waals surface area contributed by atoms with E-state index >= 15 is 0 Å². The predicted molar refractivity (Wildman–Crippen MR) is 78.1 cm³/mol. The van der Waals surface area contributed by atoms with Gasteiger partial charge < -0.3 is 10.6 Å². The van der Waals surface area contributed by atoms with Crippen LogP contribution in [0.2, 0.25) is 0 Å². The van der Waals surface area contributed by atoms with E-state index in [-0.39, 0.29) is 5.91 Å². The Labute approximate surface area is 117 Å². The first kappa shape index (κ1) is 14.8. The van der Waals surface area contributed by atoms with Crippen LogP contribution in [-0.2, 0) is 4.79 Å². The summed E-state index contributed by atoms with van der Waals surface area (Å²) in [5, 5.41) is 6.51. The first-order valence-corrected chi connectivity index (χ1v) is 8.00. The van der Waals surface area contributed by atoms with Gasteiger partial charge in [0.1, 0.15) is 0 Å². The summed E-state index contributed by atoms with van der Waals surface area (Å²) in [5.41, 5.74) is 0. The molecule has 2 unspecified atom stereocenters. The largest absolute Gasteiger partial charge is 0.356 e. The van der Waals surface area contributed by atoms with E-state index in [0.717, 1.165) is 19.6 Å². The van der Waals surface area contributed by atoms with E-state index in [1.807, 2.05) is 6.92 Å². The average Bonchev–Trinajstić information content (AvgIpc) is 2.37. The molecule has 2 rings (SSSR count). The summed E-state index contributed by atoms with van der Waals surface area (Å²) < 4.78 is 0. The lowest BCUT2D eigenvalue weighted by Crippen LogP contribution is -2.56. The zero-order chi connectivity index (χ0) is 13.7. The molecule has 2 aliphatic heterocycles. The second-order valence-corrected chi connectivity index (χ2v) is 5.91. The highest BCUT2D eigenvalue weighted by molar-refractivity contribution is 5.75. The lowest BCUT2D eigenvalue weighted by Gasteiger charge is -2.49. The Morgan fingerprint density at radius 3 is 2.42 bits per heavy atom. The molecule has 2 bridgehead atoms. The van der Waals surface area contributed by atoms with Gasteiger partial charge in [-0.2, -0.15) is 0 Å². The molecule has 1 amide bonds. The van der Waals surface area contributed by atoms with Crippen molar-refractivity contribution in [1.82, 2.24) is 15.5 Å². The lowest BCUT2D eigenvalue weighted by molar-refractivity contribution is -0.121. The van der Waals surface area contributed by atoms with E-state index in [2.05, 4.69) is 22.5 Å². The molecule has 4 nitrogen and oxygen atoms in total. The van der Waals surface area contributed by atoms with Crippen LogP contribution in [0, 0.1) is 0 Å². The topological polar surface area (TPSA) is 44.4 Å². The number of carbonyl (C=O) groups excluding carboxylic acids is 1. The third-order valence-electron chi connectivity index (χ3n) is 4.59. The van der Waals surface area contributed by atoms with Crippen LogP contribution in [0.15, 0.2) is 0 Å². The highest BCUT2D eigenvalue weighted by Gasteiger charge is 2.37. The molecule has 2 aliphatic rings. The zero-order valence-corrected chi connectivity index (χ0v) is 12.5. The van der Waals surface area contributed by atoms with E-state index in [9.17, 15) is 4.79 Å². The van der Waals surface area contributed by atoms with Crippen molar-refractivity contribution in [3.8, 4) is 0 Å². The molecule has 0 aromatic rings. The van der Waals surface area contributed by atoms with E-state index in [1.54, 1.807) is 0 Å². The van der Waals surface area contributed by atoms with Crippen molar-refractivity contribution in [2.24, 2.45) is 0 Å². The Balaban J connectivity index is 1.85. The van der Waals surface area contributed by atoms with Crippen LogP contribution in [0.5, 0.6) is 0 Å². The minimum absolute atomic E-state index is 0.203. The first-order chi connectivity index (χ1) is 9.24. The summed E-state index contributed by atoms with van der Waals surface area (Å²) in [6.07, 6.45) is 7.18. The van der Waals surface area contributed by atoms with Gasteiger partial charge in [-0.15, -0.1) is 0 Å². The third-order valence-corrected chi connectivity index (χ3v) is 4.59. The fourth-order valence-electron chi connectivity index (χ4n) is 3.82. The number of piperidine rings is 2. The van der Waals surface area contributed by atoms with Crippen LogP contribution in [0.3, 0.4) is 0 Å². The summed E-state index contributed by atoms with van der Waals surface area (Å²) in [5.74, 6) is 0.203. The van der Waals surface area contributed by atoms with Crippen LogP contribution in [0.25, 0.3) is 0 Å². The second kappa shape index (κ2) is 7.25. The molecule has 4 heteroatoms. The normalized spacial score (nSPS) is 31.2. The highest BCUT2D eigenvalue weighted by atomic mass is 16.1. The Morgan fingerprint density at radius 2 is 1.84 bits per heavy atom. The molecule has 0 radical (unpaired) electrons. The molecule has 0 saturated carbocycles. The SMILES string of the molecule is CCNC(=O)CCN1C2CCCC1CC(NCC)C2. The molecule has 2 saturated heterocycles. The molecule has 19 heavy (non-hydrogen) atoms. The fraction of sp³-hybridized carbons (Fsp3) is 0.933. The van der Waals surface area contributed by atoms with E-state index in [1.165, 1.54) is 32.1 Å². The maximum absolute atomic E-state index is 11.6. The van der Waals surface area contributed by atoms with Gasteiger partial charge in [0.2, 0.25) is 5.91 Å². The van der Waals surface area contributed by atoms with Gasteiger partial charge in [0, 0.05) is 37.6 Å². The maximum Gasteiger partial charge on any atom is 0.221 e. The molecule has 110 valence electrons. The first-order valence-electron chi connectivity index (χ1n) is 8.00. The number of nitrogens with zero attached hydrogens (tertiary/aromatic N) is 1. The Bertz CT molecular complexity index is 281. The number of fused-ring (bicyclic) bond motifs is 2. The van der Waals surface area contributed by atoms with Crippen LogP contribution in [0.4, 0.5) is 0 Å². The number of nitrogens with one attached hydrogen (secondary N) is 2. The van der Waals surface area contributed by atoms with Gasteiger partial charge in [-0.3, -0.25) is 9.69 Å². The van der Waals surface area contributed by atoms with Crippen molar-refractivity contribution < 1.29 is 4.79 Å². The molecule has 0 spiro atoms. The molecule has 2 atom stereocenters. The molecule has 2 N–H and O–H groups in total. The van der Waals surface area contributed by atoms with Gasteiger partial charge in [0.15, 0.2) is 0 Å². The predicted octanol–water partition coefficient (Wildman–Crippen LogP) is 1.51. The number of rotatable bonds is 6. The van der Waals surface area contributed by atoms with Crippen molar-refractivity contribution in [3.05, 3.63) is 0 Å². The van der Waals surface area contributed by atoms with Crippen LogP contribution < -0.4 is 10.6 Å². The average molecular weight is 267 g/mol. The molecular formula is C15H29N3O. The Morgan fingerprint density at radius 1 is 1.16 bits per heavy atom. The highest BCUT2D eigenvalue weighted by Crippen LogP contribution is 2.34. The lowest BCUT2D eigenvalue weighted by atomic mass is 9.81. The van der Waals surface area contributed by atoms with Gasteiger partial charge in [-0.25, -0.2) is 0 Å². The van der Waals surface area contributed by atoms with Gasteiger partial charge in [-0.05, 0) is 39.2 Å². The van der Waals surface area contributed by atoms with Gasteiger partial charge in [0.25, 0.3) is 0 Å². The smallest absolute Gasteiger partial charge is 0.221 e. The summed E-state index contributed by atoms with van der Waals surface area (Å²) in [7, 11) is 0. The van der Waals surface area contributed by atoms with Crippen LogP contribution >= 0.6 is 0 Å². The molecule has 2 fully saturated rings. The minimum atomic E-state index is 0.203. The van der Waals surface area contributed by atoms with Gasteiger partial charge >= 0.3 is 0 Å². The minimum Gasteiger partial charge on any atom is -0.356 e. The van der Waals surface area contributed by atoms with Gasteiger partial charge in [-0.1, -0.05) is 13.3 Å². The molecule has 0 aromatic heterocycles. The Hall–Kier alpha value is -0.610. The van der Waals surface area contributed by atoms with Crippen molar-refractivity contribution in [2.75, 3.05) is 19.6 Å². The van der Waals surface area contributed by atoms with Gasteiger partial charge in [0.05, 0.1) is 0 Å². The zero-order valence-electron chi connectivity index (χ0n) is 12.5. The van der Waals surface area contributed by atoms with E-state index in [4.69, 9.17) is 0 Å². The third kappa shape index (κ3) is 3.93. The molecular weight excluding hydrogens is 238 g/mol. The fourth-order valence-corrected chi connectivity index (χ4v) is 3.82. The van der Waals surface area contributed by atoms with Crippen molar-refractivity contribution in [1.29, 1.82) is 0 Å². The standard InChI is InChI=1S/C15H29N3O/c1-3-16-12-10-13-6-5-7-14(11-12)18(13)9-8-15(19)17-4-2/h12-14,16H,3-11H2,1-2H3,(H,17,19). The Kier molecular flexibility index (Phi) is 5.64. The quantitative estimate of drug-likeness (QED) is 0.767. The van der Waals surface area contributed by atoms with Crippen LogP contribution in [-0.4, -0.2) is 48.6 Å². The summed E-state index contributed by atoms with van der Waals surface area (Å²) in [6, 6.07) is 2.10. The number of hydrogen-bond donors (Lipinski definition) is 2.